The Bertz CT molecular complexity index is 740. The summed E-state index contributed by atoms with van der Waals surface area (Å²) in [5.41, 5.74) is 1.08. The molecule has 20 heavy (non-hydrogen) atoms. The van der Waals surface area contributed by atoms with Gasteiger partial charge in [-0.2, -0.15) is 0 Å². The molecule has 3 rings (SSSR count). The van der Waals surface area contributed by atoms with E-state index in [0.717, 1.165) is 18.5 Å². The first-order valence-corrected chi connectivity index (χ1v) is 6.64. The number of rotatable bonds is 4. The topological polar surface area (TPSA) is 33.5 Å². The minimum atomic E-state index is 0.346. The number of fused-ring (bicyclic) bond motifs is 1. The molecule has 1 aromatic heterocycles. The molecule has 0 N–H and O–H groups in total. The minimum Gasteiger partial charge on any atom is -0.437 e. The number of nitrogens with zero attached hydrogens (tertiary/aromatic N) is 1. The molecule has 0 aliphatic heterocycles. The highest BCUT2D eigenvalue weighted by molar-refractivity contribution is 5.95. The molecular weight excluding hydrogens is 250 g/mol. The van der Waals surface area contributed by atoms with E-state index in [9.17, 15) is 4.79 Å². The Morgan fingerprint density at radius 3 is 2.60 bits per heavy atom. The normalized spacial score (nSPS) is 10.7. The fourth-order valence-corrected chi connectivity index (χ4v) is 2.44. The lowest BCUT2D eigenvalue weighted by molar-refractivity contribution is 0.110. The number of anilines is 2. The van der Waals surface area contributed by atoms with Crippen molar-refractivity contribution in [1.82, 2.24) is 0 Å². The number of carbonyl (C=O) groups is 1. The maximum absolute atomic E-state index is 10.8. The molecule has 100 valence electrons. The molecular formula is C17H15NO2. The summed E-state index contributed by atoms with van der Waals surface area (Å²) in [6.45, 7) is 2.82. The largest absolute Gasteiger partial charge is 0.437 e. The van der Waals surface area contributed by atoms with E-state index in [-0.39, 0.29) is 0 Å². The van der Waals surface area contributed by atoms with Crippen LogP contribution in [0, 0.1) is 0 Å². The first-order valence-electron chi connectivity index (χ1n) is 6.64. The Kier molecular flexibility index (Phi) is 3.25. The van der Waals surface area contributed by atoms with Crippen LogP contribution in [0.25, 0.3) is 10.8 Å². The van der Waals surface area contributed by atoms with E-state index < -0.39 is 0 Å². The lowest BCUT2D eigenvalue weighted by atomic mass is 10.1. The molecule has 0 atom stereocenters. The van der Waals surface area contributed by atoms with Crippen LogP contribution in [0.4, 0.5) is 11.6 Å². The standard InChI is InChI=1S/C17H15NO2/c1-2-18(17-11-10-14(12-19)20-17)16-9-5-7-13-6-3-4-8-15(13)16/h3-12H,2H2,1H3. The number of carbonyl (C=O) groups excluding carboxylic acids is 1. The van der Waals surface area contributed by atoms with Gasteiger partial charge in [-0.05, 0) is 24.4 Å². The van der Waals surface area contributed by atoms with Crippen molar-refractivity contribution in [3.05, 3.63) is 60.4 Å². The van der Waals surface area contributed by atoms with Gasteiger partial charge in [-0.3, -0.25) is 4.79 Å². The molecule has 0 aliphatic carbocycles. The summed E-state index contributed by atoms with van der Waals surface area (Å²) in [7, 11) is 0. The van der Waals surface area contributed by atoms with Crippen LogP contribution in [0.3, 0.4) is 0 Å². The third-order valence-corrected chi connectivity index (χ3v) is 3.37. The van der Waals surface area contributed by atoms with Gasteiger partial charge < -0.3 is 9.32 Å². The molecule has 0 spiro atoms. The van der Waals surface area contributed by atoms with Crippen molar-refractivity contribution < 1.29 is 9.21 Å². The second-order valence-electron chi connectivity index (χ2n) is 4.54. The fraction of sp³-hybridized carbons (Fsp3) is 0.118. The minimum absolute atomic E-state index is 0.346. The second-order valence-corrected chi connectivity index (χ2v) is 4.54. The number of aldehydes is 1. The maximum atomic E-state index is 10.8. The lowest BCUT2D eigenvalue weighted by Gasteiger charge is -2.21. The predicted octanol–water partition coefficient (Wildman–Crippen LogP) is 4.40. The molecule has 2 aromatic carbocycles. The van der Waals surface area contributed by atoms with Crippen molar-refractivity contribution in [2.45, 2.75) is 6.92 Å². The molecule has 0 saturated heterocycles. The van der Waals surface area contributed by atoms with E-state index in [1.54, 1.807) is 6.07 Å². The second kappa shape index (κ2) is 5.21. The summed E-state index contributed by atoms with van der Waals surface area (Å²) in [5, 5.41) is 2.35. The van der Waals surface area contributed by atoms with Gasteiger partial charge in [0.05, 0.1) is 5.69 Å². The fourth-order valence-electron chi connectivity index (χ4n) is 2.44. The SMILES string of the molecule is CCN(c1ccc(C=O)o1)c1cccc2ccccc12. The third kappa shape index (κ3) is 2.07. The quantitative estimate of drug-likeness (QED) is 0.655. The van der Waals surface area contributed by atoms with Gasteiger partial charge in [0.15, 0.2) is 12.0 Å². The Morgan fingerprint density at radius 1 is 1.05 bits per heavy atom. The van der Waals surface area contributed by atoms with Crippen molar-refractivity contribution in [2.75, 3.05) is 11.4 Å². The molecule has 3 nitrogen and oxygen atoms in total. The van der Waals surface area contributed by atoms with Crippen LogP contribution in [0.5, 0.6) is 0 Å². The number of furan rings is 1. The Balaban J connectivity index is 2.13. The van der Waals surface area contributed by atoms with E-state index in [1.807, 2.05) is 24.3 Å². The first-order chi connectivity index (χ1) is 9.83. The Morgan fingerprint density at radius 2 is 1.85 bits per heavy atom. The van der Waals surface area contributed by atoms with E-state index in [0.29, 0.717) is 11.6 Å². The summed E-state index contributed by atoms with van der Waals surface area (Å²) in [6, 6.07) is 17.9. The van der Waals surface area contributed by atoms with Crippen LogP contribution in [0.15, 0.2) is 59.0 Å². The van der Waals surface area contributed by atoms with Gasteiger partial charge in [0.2, 0.25) is 5.88 Å². The lowest BCUT2D eigenvalue weighted by Crippen LogP contribution is -2.15. The van der Waals surface area contributed by atoms with Gasteiger partial charge >= 0.3 is 0 Å². The van der Waals surface area contributed by atoms with Gasteiger partial charge in [0, 0.05) is 18.0 Å². The summed E-state index contributed by atoms with van der Waals surface area (Å²) in [5.74, 6) is 1.03. The average Bonchev–Trinajstić information content (AvgIpc) is 2.97. The van der Waals surface area contributed by atoms with Crippen molar-refractivity contribution in [1.29, 1.82) is 0 Å². The predicted molar refractivity (Wildman–Crippen MR) is 80.7 cm³/mol. The Labute approximate surface area is 117 Å². The van der Waals surface area contributed by atoms with E-state index in [4.69, 9.17) is 4.42 Å². The molecule has 0 aliphatic rings. The van der Waals surface area contributed by atoms with Crippen LogP contribution < -0.4 is 4.90 Å². The zero-order chi connectivity index (χ0) is 13.9. The molecule has 3 heteroatoms. The van der Waals surface area contributed by atoms with Gasteiger partial charge in [0.25, 0.3) is 0 Å². The number of benzene rings is 2. The van der Waals surface area contributed by atoms with Crippen LogP contribution in [-0.4, -0.2) is 12.8 Å². The molecule has 0 saturated carbocycles. The van der Waals surface area contributed by atoms with Crippen LogP contribution in [0.2, 0.25) is 0 Å². The maximum Gasteiger partial charge on any atom is 0.200 e. The molecule has 0 amide bonds. The Hall–Kier alpha value is -2.55. The molecule has 0 unspecified atom stereocenters. The molecule has 3 aromatic rings. The number of hydrogen-bond acceptors (Lipinski definition) is 3. The van der Waals surface area contributed by atoms with Crippen LogP contribution in [0.1, 0.15) is 17.5 Å². The van der Waals surface area contributed by atoms with Gasteiger partial charge in [-0.15, -0.1) is 0 Å². The smallest absolute Gasteiger partial charge is 0.200 e. The van der Waals surface area contributed by atoms with Crippen molar-refractivity contribution in [3.8, 4) is 0 Å². The highest BCUT2D eigenvalue weighted by atomic mass is 16.4. The zero-order valence-electron chi connectivity index (χ0n) is 11.2. The summed E-state index contributed by atoms with van der Waals surface area (Å²) in [6.07, 6.45) is 0.723. The van der Waals surface area contributed by atoms with Gasteiger partial charge in [-0.25, -0.2) is 0 Å². The van der Waals surface area contributed by atoms with Crippen molar-refractivity contribution in [2.24, 2.45) is 0 Å². The summed E-state index contributed by atoms with van der Waals surface area (Å²) >= 11 is 0. The first kappa shape index (κ1) is 12.5. The van der Waals surface area contributed by atoms with E-state index in [1.165, 1.54) is 10.8 Å². The zero-order valence-corrected chi connectivity index (χ0v) is 11.2. The average molecular weight is 265 g/mol. The molecule has 0 radical (unpaired) electrons. The number of hydrogen-bond donors (Lipinski definition) is 0. The molecule has 1 heterocycles. The summed E-state index contributed by atoms with van der Waals surface area (Å²) < 4.78 is 5.55. The van der Waals surface area contributed by atoms with Crippen molar-refractivity contribution in [3.63, 3.8) is 0 Å². The van der Waals surface area contributed by atoms with Crippen molar-refractivity contribution >= 4 is 28.6 Å². The molecule has 0 fully saturated rings. The van der Waals surface area contributed by atoms with E-state index in [2.05, 4.69) is 36.1 Å². The molecule has 0 bridgehead atoms. The summed E-state index contributed by atoms with van der Waals surface area (Å²) in [4.78, 5) is 12.8. The van der Waals surface area contributed by atoms with Crippen LogP contribution >= 0.6 is 0 Å². The van der Waals surface area contributed by atoms with E-state index >= 15 is 0 Å². The van der Waals surface area contributed by atoms with Gasteiger partial charge in [0.1, 0.15) is 0 Å². The van der Waals surface area contributed by atoms with Gasteiger partial charge in [-0.1, -0.05) is 36.4 Å². The third-order valence-electron chi connectivity index (χ3n) is 3.37. The highest BCUT2D eigenvalue weighted by Gasteiger charge is 2.13. The monoisotopic (exact) mass is 265 g/mol. The highest BCUT2D eigenvalue weighted by Crippen LogP contribution is 2.32. The van der Waals surface area contributed by atoms with Crippen LogP contribution in [-0.2, 0) is 0 Å².